The van der Waals surface area contributed by atoms with Gasteiger partial charge >= 0.3 is 0 Å². The number of amides is 1. The van der Waals surface area contributed by atoms with E-state index < -0.39 is 0 Å². The number of Topliss-reactive ketones (excluding diaryl/α,β-unsaturated/α-hetero) is 1. The number of carbonyl (C=O) groups excluding carboxylic acids is 2. The molecular formula is C23H19N5O2S. The van der Waals surface area contributed by atoms with E-state index in [0.717, 1.165) is 34.3 Å². The second-order valence-corrected chi connectivity index (χ2v) is 8.38. The van der Waals surface area contributed by atoms with Crippen molar-refractivity contribution in [2.24, 2.45) is 0 Å². The van der Waals surface area contributed by atoms with Crippen LogP contribution in [0.3, 0.4) is 0 Å². The minimum atomic E-state index is -0.184. The number of carbonyl (C=O) groups is 2. The van der Waals surface area contributed by atoms with E-state index in [-0.39, 0.29) is 11.7 Å². The molecule has 0 atom stereocenters. The van der Waals surface area contributed by atoms with Crippen LogP contribution in [0, 0.1) is 0 Å². The number of nitrogens with one attached hydrogen (secondary N) is 1. The van der Waals surface area contributed by atoms with Gasteiger partial charge in [0.05, 0.1) is 10.2 Å². The number of hydrogen-bond acceptors (Lipinski definition) is 7. The number of fused-ring (bicyclic) bond motifs is 2. The van der Waals surface area contributed by atoms with Crippen LogP contribution in [0.2, 0.25) is 0 Å². The third-order valence-electron chi connectivity index (χ3n) is 5.32. The standard InChI is InChI=1S/C23H19N5O2S/c1-14(29)18-9-11-24-22(25-18)28-12-10-15-5-4-6-16(17(15)13-28)21(30)27-23-26-19-7-2-3-8-20(19)31-23/h2-9,11H,10,12-13H2,1H3,(H,26,27,30). The SMILES string of the molecule is CC(=O)c1ccnc(N2CCc3cccc(C(=O)Nc4nc5ccccc5s4)c3C2)n1. The lowest BCUT2D eigenvalue weighted by Gasteiger charge is -2.30. The van der Waals surface area contributed by atoms with Crippen molar-refractivity contribution in [3.8, 4) is 0 Å². The average Bonchev–Trinajstić information content (AvgIpc) is 3.20. The Labute approximate surface area is 182 Å². The predicted octanol–water partition coefficient (Wildman–Crippen LogP) is 4.10. The molecule has 5 rings (SSSR count). The molecule has 3 heterocycles. The summed E-state index contributed by atoms with van der Waals surface area (Å²) in [6, 6.07) is 15.2. The lowest BCUT2D eigenvalue weighted by molar-refractivity contribution is 0.100. The summed E-state index contributed by atoms with van der Waals surface area (Å²) in [6.07, 6.45) is 2.37. The molecule has 0 saturated heterocycles. The zero-order valence-corrected chi connectivity index (χ0v) is 17.6. The molecule has 2 aromatic carbocycles. The number of hydrogen-bond donors (Lipinski definition) is 1. The Morgan fingerprint density at radius 2 is 1.94 bits per heavy atom. The maximum absolute atomic E-state index is 13.1. The quantitative estimate of drug-likeness (QED) is 0.491. The van der Waals surface area contributed by atoms with Crippen LogP contribution in [-0.2, 0) is 13.0 Å². The largest absolute Gasteiger partial charge is 0.336 e. The fourth-order valence-corrected chi connectivity index (χ4v) is 4.61. The number of anilines is 2. The molecule has 0 radical (unpaired) electrons. The highest BCUT2D eigenvalue weighted by Gasteiger charge is 2.24. The first-order valence-corrected chi connectivity index (χ1v) is 10.8. The summed E-state index contributed by atoms with van der Waals surface area (Å²) in [5.41, 5.74) is 3.95. The molecule has 1 aliphatic rings. The average molecular weight is 430 g/mol. The molecule has 0 saturated carbocycles. The van der Waals surface area contributed by atoms with E-state index in [9.17, 15) is 9.59 Å². The maximum Gasteiger partial charge on any atom is 0.257 e. The van der Waals surface area contributed by atoms with Gasteiger partial charge in [-0.3, -0.25) is 14.9 Å². The minimum Gasteiger partial charge on any atom is -0.336 e. The van der Waals surface area contributed by atoms with Crippen LogP contribution in [0.5, 0.6) is 0 Å². The lowest BCUT2D eigenvalue weighted by Crippen LogP contribution is -2.33. The van der Waals surface area contributed by atoms with Gasteiger partial charge in [-0.25, -0.2) is 15.0 Å². The third-order valence-corrected chi connectivity index (χ3v) is 6.27. The predicted molar refractivity (Wildman–Crippen MR) is 121 cm³/mol. The Bertz CT molecular complexity index is 1280. The van der Waals surface area contributed by atoms with Gasteiger partial charge in [0.2, 0.25) is 5.95 Å². The fourth-order valence-electron chi connectivity index (χ4n) is 3.75. The highest BCUT2D eigenvalue weighted by atomic mass is 32.1. The summed E-state index contributed by atoms with van der Waals surface area (Å²) in [7, 11) is 0. The Balaban J connectivity index is 1.43. The summed E-state index contributed by atoms with van der Waals surface area (Å²) in [5, 5.41) is 3.53. The van der Waals surface area contributed by atoms with Crippen LogP contribution in [0.25, 0.3) is 10.2 Å². The second-order valence-electron chi connectivity index (χ2n) is 7.35. The van der Waals surface area contributed by atoms with Crippen molar-refractivity contribution in [2.45, 2.75) is 19.9 Å². The number of aromatic nitrogens is 3. The molecule has 31 heavy (non-hydrogen) atoms. The van der Waals surface area contributed by atoms with Gasteiger partial charge < -0.3 is 4.90 Å². The van der Waals surface area contributed by atoms with Crippen LogP contribution in [0.1, 0.15) is 38.9 Å². The van der Waals surface area contributed by atoms with E-state index >= 15 is 0 Å². The number of ketones is 1. The van der Waals surface area contributed by atoms with Crippen LogP contribution >= 0.6 is 11.3 Å². The lowest BCUT2D eigenvalue weighted by atomic mass is 9.94. The van der Waals surface area contributed by atoms with Crippen molar-refractivity contribution >= 4 is 44.3 Å². The summed E-state index contributed by atoms with van der Waals surface area (Å²) in [6.45, 7) is 2.71. The Morgan fingerprint density at radius 1 is 1.06 bits per heavy atom. The number of benzene rings is 2. The highest BCUT2D eigenvalue weighted by Crippen LogP contribution is 2.28. The van der Waals surface area contributed by atoms with Gasteiger partial charge in [0.15, 0.2) is 10.9 Å². The summed E-state index contributed by atoms with van der Waals surface area (Å²) >= 11 is 1.45. The first-order valence-electron chi connectivity index (χ1n) is 9.95. The van der Waals surface area contributed by atoms with E-state index in [2.05, 4.69) is 20.3 Å². The van der Waals surface area contributed by atoms with Crippen molar-refractivity contribution in [3.63, 3.8) is 0 Å². The Morgan fingerprint density at radius 3 is 2.77 bits per heavy atom. The minimum absolute atomic E-state index is 0.100. The topological polar surface area (TPSA) is 88.1 Å². The molecule has 0 fully saturated rings. The van der Waals surface area contributed by atoms with Crippen LogP contribution in [-0.4, -0.2) is 33.2 Å². The van der Waals surface area contributed by atoms with Crippen molar-refractivity contribution in [2.75, 3.05) is 16.8 Å². The molecule has 8 heteroatoms. The first kappa shape index (κ1) is 19.3. The van der Waals surface area contributed by atoms with Crippen LogP contribution in [0.15, 0.2) is 54.7 Å². The van der Waals surface area contributed by atoms with E-state index in [1.54, 1.807) is 12.3 Å². The Hall–Kier alpha value is -3.65. The third kappa shape index (κ3) is 3.77. The van der Waals surface area contributed by atoms with Gasteiger partial charge in [0, 0.05) is 31.8 Å². The molecule has 2 aromatic heterocycles. The first-order chi connectivity index (χ1) is 15.1. The van der Waals surface area contributed by atoms with Gasteiger partial charge in [-0.2, -0.15) is 0 Å². The molecule has 0 spiro atoms. The van der Waals surface area contributed by atoms with E-state index in [0.29, 0.717) is 28.9 Å². The zero-order valence-electron chi connectivity index (χ0n) is 16.8. The number of para-hydroxylation sites is 1. The van der Waals surface area contributed by atoms with Crippen molar-refractivity contribution in [3.05, 3.63) is 77.1 Å². The molecule has 0 aliphatic carbocycles. The molecule has 154 valence electrons. The van der Waals surface area contributed by atoms with Crippen LogP contribution in [0.4, 0.5) is 11.1 Å². The van der Waals surface area contributed by atoms with Gasteiger partial charge in [-0.1, -0.05) is 35.6 Å². The molecule has 0 bridgehead atoms. The summed E-state index contributed by atoms with van der Waals surface area (Å²) in [4.78, 5) is 40.0. The molecule has 7 nitrogen and oxygen atoms in total. The second kappa shape index (κ2) is 7.88. The smallest absolute Gasteiger partial charge is 0.257 e. The molecule has 4 aromatic rings. The number of thiazole rings is 1. The van der Waals surface area contributed by atoms with E-state index in [1.165, 1.54) is 18.3 Å². The molecule has 1 N–H and O–H groups in total. The van der Waals surface area contributed by atoms with E-state index in [4.69, 9.17) is 0 Å². The Kier molecular flexibility index (Phi) is 4.91. The van der Waals surface area contributed by atoms with E-state index in [1.807, 2.05) is 47.4 Å². The van der Waals surface area contributed by atoms with Crippen molar-refractivity contribution < 1.29 is 9.59 Å². The summed E-state index contributed by atoms with van der Waals surface area (Å²) < 4.78 is 1.03. The molecule has 0 unspecified atom stereocenters. The van der Waals surface area contributed by atoms with Gasteiger partial charge in [-0.05, 0) is 41.8 Å². The monoisotopic (exact) mass is 429 g/mol. The van der Waals surface area contributed by atoms with Gasteiger partial charge in [0.1, 0.15) is 5.69 Å². The maximum atomic E-state index is 13.1. The van der Waals surface area contributed by atoms with Crippen molar-refractivity contribution in [1.29, 1.82) is 0 Å². The molecular weight excluding hydrogens is 410 g/mol. The number of nitrogens with zero attached hydrogens (tertiary/aromatic N) is 4. The van der Waals surface area contributed by atoms with Crippen LogP contribution < -0.4 is 10.2 Å². The van der Waals surface area contributed by atoms with Gasteiger partial charge in [0.25, 0.3) is 5.91 Å². The highest BCUT2D eigenvalue weighted by molar-refractivity contribution is 7.22. The van der Waals surface area contributed by atoms with Crippen molar-refractivity contribution in [1.82, 2.24) is 15.0 Å². The molecule has 1 amide bonds. The van der Waals surface area contributed by atoms with Gasteiger partial charge in [-0.15, -0.1) is 0 Å². The number of rotatable bonds is 4. The normalized spacial score (nSPS) is 13.1. The molecule has 1 aliphatic heterocycles. The summed E-state index contributed by atoms with van der Waals surface area (Å²) in [5.74, 6) is 0.216. The fraction of sp³-hybridized carbons (Fsp3) is 0.174. The zero-order chi connectivity index (χ0) is 21.4.